The van der Waals surface area contributed by atoms with Crippen LogP contribution in [-0.2, 0) is 24.5 Å². The molecule has 0 aliphatic carbocycles. The fraction of sp³-hybridized carbons (Fsp3) is 0.250. The first kappa shape index (κ1) is 16.1. The minimum absolute atomic E-state index is 0.114. The number of ether oxygens (including phenoxy) is 1. The number of carbonyl (C=O) groups excluding carboxylic acids is 1. The minimum Gasteiger partial charge on any atom is -0.487 e. The molecule has 0 saturated heterocycles. The molecule has 1 aromatic carbocycles. The summed E-state index contributed by atoms with van der Waals surface area (Å²) in [5.41, 5.74) is 1.80. The van der Waals surface area contributed by atoms with Crippen LogP contribution in [0.3, 0.4) is 0 Å². The Hall–Kier alpha value is -2.74. The average Bonchev–Trinajstić information content (AvgIpc) is 3.23. The zero-order chi connectivity index (χ0) is 16.8. The van der Waals surface area contributed by atoms with Crippen LogP contribution < -0.4 is 10.1 Å². The predicted molar refractivity (Wildman–Crippen MR) is 89.5 cm³/mol. The average molecular weight is 343 g/mol. The van der Waals surface area contributed by atoms with Crippen molar-refractivity contribution >= 4 is 17.2 Å². The van der Waals surface area contributed by atoms with Gasteiger partial charge in [0.05, 0.1) is 12.7 Å². The Morgan fingerprint density at radius 1 is 1.42 bits per heavy atom. The molecule has 1 N–H and O–H groups in total. The highest BCUT2D eigenvalue weighted by atomic mass is 32.1. The molecule has 0 aliphatic rings. The predicted octanol–water partition coefficient (Wildman–Crippen LogP) is 1.94. The molecule has 0 spiro atoms. The van der Waals surface area contributed by atoms with Crippen molar-refractivity contribution in [2.24, 2.45) is 0 Å². The molecular weight excluding hydrogens is 326 g/mol. The Morgan fingerprint density at radius 2 is 2.33 bits per heavy atom. The van der Waals surface area contributed by atoms with Gasteiger partial charge in [0.1, 0.15) is 29.6 Å². The quantitative estimate of drug-likeness (QED) is 0.709. The van der Waals surface area contributed by atoms with Crippen LogP contribution in [0.1, 0.15) is 16.3 Å². The highest BCUT2D eigenvalue weighted by Gasteiger charge is 2.07. The first-order valence-electron chi connectivity index (χ1n) is 7.42. The second-order valence-electron chi connectivity index (χ2n) is 5.22. The molecule has 0 fully saturated rings. The largest absolute Gasteiger partial charge is 0.487 e. The molecule has 7 nitrogen and oxygen atoms in total. The van der Waals surface area contributed by atoms with E-state index in [1.807, 2.05) is 36.6 Å². The van der Waals surface area contributed by atoms with E-state index in [0.29, 0.717) is 18.8 Å². The summed E-state index contributed by atoms with van der Waals surface area (Å²) in [7, 11) is 0. The van der Waals surface area contributed by atoms with Gasteiger partial charge in [-0.15, -0.1) is 16.4 Å². The van der Waals surface area contributed by atoms with E-state index in [2.05, 4.69) is 20.6 Å². The molecule has 2 aromatic heterocycles. The summed E-state index contributed by atoms with van der Waals surface area (Å²) in [6.45, 7) is 2.86. The zero-order valence-corrected chi connectivity index (χ0v) is 14.0. The van der Waals surface area contributed by atoms with Crippen molar-refractivity contribution in [3.05, 3.63) is 58.3 Å². The van der Waals surface area contributed by atoms with E-state index >= 15 is 0 Å². The van der Waals surface area contributed by atoms with E-state index in [1.54, 1.807) is 12.4 Å². The van der Waals surface area contributed by atoms with Crippen LogP contribution >= 0.6 is 11.3 Å². The van der Waals surface area contributed by atoms with Crippen molar-refractivity contribution in [2.75, 3.05) is 0 Å². The zero-order valence-electron chi connectivity index (χ0n) is 13.2. The van der Waals surface area contributed by atoms with Gasteiger partial charge in [0.2, 0.25) is 5.91 Å². The molecule has 24 heavy (non-hydrogen) atoms. The Balaban J connectivity index is 1.47. The minimum atomic E-state index is -0.138. The lowest BCUT2D eigenvalue weighted by Gasteiger charge is -2.04. The molecular formula is C16H17N5O2S. The first-order valence-corrected chi connectivity index (χ1v) is 8.30. The third-order valence-electron chi connectivity index (χ3n) is 3.19. The number of hydrogen-bond donors (Lipinski definition) is 1. The van der Waals surface area contributed by atoms with Crippen LogP contribution in [0.25, 0.3) is 0 Å². The van der Waals surface area contributed by atoms with Gasteiger partial charge in [0.25, 0.3) is 0 Å². The van der Waals surface area contributed by atoms with E-state index < -0.39 is 0 Å². The number of aryl methyl sites for hydroxylation is 1. The first-order chi connectivity index (χ1) is 11.7. The van der Waals surface area contributed by atoms with Gasteiger partial charge in [-0.25, -0.2) is 9.67 Å². The number of hydrogen-bond acceptors (Lipinski definition) is 6. The molecule has 0 atom stereocenters. The summed E-state index contributed by atoms with van der Waals surface area (Å²) in [6.07, 6.45) is 3.42. The summed E-state index contributed by atoms with van der Waals surface area (Å²) in [5, 5.41) is 13.5. The Labute approximate surface area is 143 Å². The van der Waals surface area contributed by atoms with Gasteiger partial charge >= 0.3 is 0 Å². The van der Waals surface area contributed by atoms with E-state index in [0.717, 1.165) is 16.3 Å². The number of thiazole rings is 1. The molecule has 1 amide bonds. The van der Waals surface area contributed by atoms with Crippen molar-refractivity contribution < 1.29 is 9.53 Å². The fourth-order valence-electron chi connectivity index (χ4n) is 2.06. The van der Waals surface area contributed by atoms with Crippen LogP contribution in [0, 0.1) is 6.92 Å². The molecule has 3 aromatic rings. The van der Waals surface area contributed by atoms with Gasteiger partial charge in [-0.1, -0.05) is 17.3 Å². The monoisotopic (exact) mass is 343 g/mol. The maximum absolute atomic E-state index is 11.9. The molecule has 2 heterocycles. The Kier molecular flexibility index (Phi) is 5.17. The van der Waals surface area contributed by atoms with Crippen LogP contribution in [0.4, 0.5) is 0 Å². The van der Waals surface area contributed by atoms with Crippen LogP contribution in [-0.4, -0.2) is 25.9 Å². The number of nitrogens with zero attached hydrogens (tertiary/aromatic N) is 4. The second-order valence-corrected chi connectivity index (χ2v) is 6.19. The van der Waals surface area contributed by atoms with Crippen molar-refractivity contribution in [2.45, 2.75) is 26.6 Å². The van der Waals surface area contributed by atoms with E-state index in [1.165, 1.54) is 16.0 Å². The molecule has 8 heteroatoms. The van der Waals surface area contributed by atoms with Gasteiger partial charge in [0, 0.05) is 11.6 Å². The Morgan fingerprint density at radius 3 is 3.12 bits per heavy atom. The highest BCUT2D eigenvalue weighted by molar-refractivity contribution is 7.09. The summed E-state index contributed by atoms with van der Waals surface area (Å²) in [4.78, 5) is 16.0. The topological polar surface area (TPSA) is 81.9 Å². The second kappa shape index (κ2) is 7.69. The number of benzene rings is 1. The molecule has 0 radical (unpaired) electrons. The van der Waals surface area contributed by atoms with Crippen LogP contribution in [0.15, 0.2) is 42.0 Å². The number of carbonyl (C=O) groups is 1. The number of rotatable bonds is 7. The number of nitrogens with one attached hydrogen (secondary N) is 1. The molecule has 0 saturated carbocycles. The molecule has 0 bridgehead atoms. The van der Waals surface area contributed by atoms with E-state index in [-0.39, 0.29) is 12.5 Å². The third kappa shape index (κ3) is 4.63. The SMILES string of the molecule is Cc1cccc(OCc2cn(CC(=O)NCc3nccs3)nn2)c1. The summed E-state index contributed by atoms with van der Waals surface area (Å²) in [5.74, 6) is 0.645. The van der Waals surface area contributed by atoms with Crippen molar-refractivity contribution in [3.63, 3.8) is 0 Å². The molecule has 0 unspecified atom stereocenters. The number of aromatic nitrogens is 4. The van der Waals surface area contributed by atoms with Crippen molar-refractivity contribution in [1.82, 2.24) is 25.3 Å². The molecule has 0 aliphatic heterocycles. The Bertz CT molecular complexity index is 800. The van der Waals surface area contributed by atoms with Gasteiger partial charge in [-0.2, -0.15) is 0 Å². The lowest BCUT2D eigenvalue weighted by molar-refractivity contribution is -0.122. The maximum atomic E-state index is 11.9. The van der Waals surface area contributed by atoms with Crippen LogP contribution in [0.5, 0.6) is 5.75 Å². The maximum Gasteiger partial charge on any atom is 0.242 e. The van der Waals surface area contributed by atoms with Crippen molar-refractivity contribution in [1.29, 1.82) is 0 Å². The molecule has 3 rings (SSSR count). The van der Waals surface area contributed by atoms with E-state index in [4.69, 9.17) is 4.74 Å². The lowest BCUT2D eigenvalue weighted by Crippen LogP contribution is -2.27. The van der Waals surface area contributed by atoms with E-state index in [9.17, 15) is 4.79 Å². The summed E-state index contributed by atoms with van der Waals surface area (Å²) >= 11 is 1.50. The van der Waals surface area contributed by atoms with Crippen molar-refractivity contribution in [3.8, 4) is 5.75 Å². The summed E-state index contributed by atoms with van der Waals surface area (Å²) in [6, 6.07) is 7.79. The lowest BCUT2D eigenvalue weighted by atomic mass is 10.2. The smallest absolute Gasteiger partial charge is 0.242 e. The van der Waals surface area contributed by atoms with Gasteiger partial charge in [0.15, 0.2) is 0 Å². The normalized spacial score (nSPS) is 10.5. The standard InChI is InChI=1S/C16H17N5O2S/c1-12-3-2-4-14(7-12)23-11-13-9-21(20-19-13)10-15(22)18-8-16-17-5-6-24-16/h2-7,9H,8,10-11H2,1H3,(H,18,22). The fourth-order valence-corrected chi connectivity index (χ4v) is 2.62. The van der Waals surface area contributed by atoms with Crippen LogP contribution in [0.2, 0.25) is 0 Å². The van der Waals surface area contributed by atoms with Gasteiger partial charge in [-0.3, -0.25) is 4.79 Å². The molecule has 124 valence electrons. The number of amides is 1. The third-order valence-corrected chi connectivity index (χ3v) is 3.97. The highest BCUT2D eigenvalue weighted by Crippen LogP contribution is 2.13. The van der Waals surface area contributed by atoms with Gasteiger partial charge in [-0.05, 0) is 24.6 Å². The summed E-state index contributed by atoms with van der Waals surface area (Å²) < 4.78 is 7.16. The van der Waals surface area contributed by atoms with Gasteiger partial charge < -0.3 is 10.1 Å².